The molecule has 4 N–H and O–H groups in total. The zero-order valence-corrected chi connectivity index (χ0v) is 33.5. The molecule has 0 saturated heterocycles. The molecule has 10 atom stereocenters. The summed E-state index contributed by atoms with van der Waals surface area (Å²) in [5.41, 5.74) is 14.2. The number of esters is 1. The first-order valence-corrected chi connectivity index (χ1v) is 21.0. The van der Waals surface area contributed by atoms with Gasteiger partial charge in [-0.1, -0.05) is 79.4 Å². The predicted octanol–water partition coefficient (Wildman–Crippen LogP) is 9.83. The van der Waals surface area contributed by atoms with Gasteiger partial charge in [0.05, 0.1) is 0 Å². The molecule has 0 spiro atoms. The van der Waals surface area contributed by atoms with Gasteiger partial charge in [0.2, 0.25) is 5.91 Å². The van der Waals surface area contributed by atoms with Crippen LogP contribution in [0.4, 0.5) is 0 Å². The highest BCUT2D eigenvalue weighted by atomic mass is 16.5. The molecular weight excluding hydrogens is 606 g/mol. The number of ether oxygens (including phenoxy) is 1. The molecule has 1 amide bonds. The number of carbonyl (C=O) groups excluding carboxylic acids is 2. The Kier molecular flexibility index (Phi) is 16.7. The molecule has 6 heteroatoms. The van der Waals surface area contributed by atoms with Crippen molar-refractivity contribution in [2.24, 2.45) is 57.8 Å². The molecule has 0 radical (unpaired) electrons. The van der Waals surface area contributed by atoms with Crippen LogP contribution >= 0.6 is 0 Å². The number of rotatable bonds is 17. The number of nitrogens with zero attached hydrogens (tertiary/aromatic N) is 1. The van der Waals surface area contributed by atoms with E-state index in [2.05, 4.69) is 40.7 Å². The molecule has 6 nitrogen and oxygen atoms in total. The van der Waals surface area contributed by atoms with Gasteiger partial charge in [-0.05, 0) is 131 Å². The number of nitrogens with two attached hydrogens (primary N) is 2. The molecule has 0 aromatic rings. The van der Waals surface area contributed by atoms with Crippen LogP contribution in [0.3, 0.4) is 0 Å². The lowest BCUT2D eigenvalue weighted by Crippen LogP contribution is -2.50. The minimum absolute atomic E-state index is 0.0230. The van der Waals surface area contributed by atoms with Crippen LogP contribution in [0.1, 0.15) is 171 Å². The Morgan fingerprint density at radius 2 is 1.57 bits per heavy atom. The summed E-state index contributed by atoms with van der Waals surface area (Å²) < 4.78 is 6.06. The quantitative estimate of drug-likeness (QED) is 0.117. The molecule has 10 unspecified atom stereocenters. The van der Waals surface area contributed by atoms with E-state index < -0.39 is 0 Å². The summed E-state index contributed by atoms with van der Waals surface area (Å²) in [5.74, 6) is 5.02. The van der Waals surface area contributed by atoms with Gasteiger partial charge in [-0.15, -0.1) is 0 Å². The maximum Gasteiger partial charge on any atom is 0.306 e. The average Bonchev–Trinajstić information content (AvgIpc) is 3.39. The maximum absolute atomic E-state index is 12.9. The van der Waals surface area contributed by atoms with Crippen molar-refractivity contribution in [1.82, 2.24) is 4.90 Å². The Morgan fingerprint density at radius 3 is 2.18 bits per heavy atom. The van der Waals surface area contributed by atoms with E-state index >= 15 is 0 Å². The van der Waals surface area contributed by atoms with Crippen LogP contribution < -0.4 is 11.5 Å². The number of allylic oxidation sites excluding steroid dienone is 1. The van der Waals surface area contributed by atoms with Crippen molar-refractivity contribution >= 4 is 11.9 Å². The summed E-state index contributed by atoms with van der Waals surface area (Å²) >= 11 is 0. The molecule has 284 valence electrons. The molecule has 0 aromatic carbocycles. The van der Waals surface area contributed by atoms with Crippen molar-refractivity contribution in [3.05, 3.63) is 11.6 Å². The molecule has 4 rings (SSSR count). The molecule has 4 aliphatic carbocycles. The standard InChI is InChI=1S/C41H73N3O3.C2H6/c1-8-31(28(2)3)11-9-12-32-16-18-36-35-17-15-33-27-34(19-23-41(33,7)37(35)20-24-40(32,36)6)47-39(46)14-10-13-38(45)44(25-21-29(4)42)26-22-30(5)43;1-2/h15,28-32,34-37H,8-14,16-27,42-43H2,1-7H3;1-2H3. The van der Waals surface area contributed by atoms with Crippen molar-refractivity contribution in [3.8, 4) is 0 Å². The highest BCUT2D eigenvalue weighted by Crippen LogP contribution is 2.67. The third-order valence-electron chi connectivity index (χ3n) is 14.0. The first-order chi connectivity index (χ1) is 23.3. The van der Waals surface area contributed by atoms with E-state index in [1.807, 2.05) is 32.6 Å². The molecule has 0 aliphatic heterocycles. The first kappa shape index (κ1) is 42.0. The van der Waals surface area contributed by atoms with Crippen molar-refractivity contribution in [3.63, 3.8) is 0 Å². The lowest BCUT2D eigenvalue weighted by atomic mass is 9.47. The highest BCUT2D eigenvalue weighted by molar-refractivity contribution is 5.77. The van der Waals surface area contributed by atoms with Crippen LogP contribution in [0.5, 0.6) is 0 Å². The zero-order valence-electron chi connectivity index (χ0n) is 33.5. The summed E-state index contributed by atoms with van der Waals surface area (Å²) in [6, 6.07) is 0.101. The summed E-state index contributed by atoms with van der Waals surface area (Å²) in [6.07, 6.45) is 20.7. The lowest BCUT2D eigenvalue weighted by Gasteiger charge is -2.58. The molecule has 49 heavy (non-hydrogen) atoms. The molecular formula is C43H79N3O3. The molecule has 0 aromatic heterocycles. The van der Waals surface area contributed by atoms with E-state index in [4.69, 9.17) is 16.2 Å². The topological polar surface area (TPSA) is 98.7 Å². The second-order valence-corrected chi connectivity index (χ2v) is 17.5. The van der Waals surface area contributed by atoms with Crippen molar-refractivity contribution in [1.29, 1.82) is 0 Å². The van der Waals surface area contributed by atoms with Crippen molar-refractivity contribution in [2.45, 2.75) is 190 Å². The minimum atomic E-state index is -0.150. The summed E-state index contributed by atoms with van der Waals surface area (Å²) in [4.78, 5) is 27.7. The van der Waals surface area contributed by atoms with Gasteiger partial charge in [0.15, 0.2) is 0 Å². The SMILES string of the molecule is CC.CCC(CCCC1CCC2C3CC=C4CC(OC(=O)CCCC(=O)N(CCC(C)N)CCC(C)N)CCC4(C)C3CCC12C)C(C)C. The van der Waals surface area contributed by atoms with Gasteiger partial charge in [-0.25, -0.2) is 0 Å². The van der Waals surface area contributed by atoms with Gasteiger partial charge >= 0.3 is 5.97 Å². The average molecular weight is 686 g/mol. The van der Waals surface area contributed by atoms with E-state index in [1.54, 1.807) is 5.57 Å². The van der Waals surface area contributed by atoms with E-state index in [-0.39, 0.29) is 35.5 Å². The smallest absolute Gasteiger partial charge is 0.306 e. The van der Waals surface area contributed by atoms with Gasteiger partial charge in [-0.3, -0.25) is 9.59 Å². The van der Waals surface area contributed by atoms with E-state index in [0.717, 1.165) is 67.6 Å². The first-order valence-electron chi connectivity index (χ1n) is 21.0. The van der Waals surface area contributed by atoms with Gasteiger partial charge in [-0.2, -0.15) is 0 Å². The summed E-state index contributed by atoms with van der Waals surface area (Å²) in [7, 11) is 0. The number of carbonyl (C=O) groups is 2. The Morgan fingerprint density at radius 1 is 0.898 bits per heavy atom. The van der Waals surface area contributed by atoms with Crippen molar-refractivity contribution < 1.29 is 14.3 Å². The third-order valence-corrected chi connectivity index (χ3v) is 14.0. The van der Waals surface area contributed by atoms with E-state index in [0.29, 0.717) is 37.8 Å². The van der Waals surface area contributed by atoms with Crippen LogP contribution in [0.2, 0.25) is 0 Å². The van der Waals surface area contributed by atoms with E-state index in [9.17, 15) is 9.59 Å². The second kappa shape index (κ2) is 19.4. The van der Waals surface area contributed by atoms with E-state index in [1.165, 1.54) is 57.8 Å². The minimum Gasteiger partial charge on any atom is -0.462 e. The van der Waals surface area contributed by atoms with Crippen LogP contribution in [0.25, 0.3) is 0 Å². The van der Waals surface area contributed by atoms with Crippen LogP contribution in [0.15, 0.2) is 11.6 Å². The fourth-order valence-electron chi connectivity index (χ4n) is 10.8. The Balaban J connectivity index is 0.00000319. The fourth-order valence-corrected chi connectivity index (χ4v) is 10.8. The lowest BCUT2D eigenvalue weighted by molar-refractivity contribution is -0.151. The highest BCUT2D eigenvalue weighted by Gasteiger charge is 2.58. The number of hydrogen-bond donors (Lipinski definition) is 2. The summed E-state index contributed by atoms with van der Waals surface area (Å²) in [5, 5.41) is 0. The summed E-state index contributed by atoms with van der Waals surface area (Å²) in [6.45, 7) is 21.6. The van der Waals surface area contributed by atoms with Gasteiger partial charge in [0.25, 0.3) is 0 Å². The number of fused-ring (bicyclic) bond motifs is 5. The molecule has 4 aliphatic rings. The second-order valence-electron chi connectivity index (χ2n) is 17.5. The largest absolute Gasteiger partial charge is 0.462 e. The monoisotopic (exact) mass is 686 g/mol. The Labute approximate surface area is 302 Å². The molecule has 0 heterocycles. The molecule has 0 bridgehead atoms. The molecule has 3 saturated carbocycles. The Bertz CT molecular complexity index is 1040. The normalized spacial score (nSPS) is 32.4. The molecule has 3 fully saturated rings. The van der Waals surface area contributed by atoms with Crippen molar-refractivity contribution in [2.75, 3.05) is 13.1 Å². The predicted molar refractivity (Wildman–Crippen MR) is 206 cm³/mol. The van der Waals surface area contributed by atoms with Gasteiger partial charge < -0.3 is 21.1 Å². The third kappa shape index (κ3) is 10.8. The zero-order chi connectivity index (χ0) is 36.4. The van der Waals surface area contributed by atoms with Gasteiger partial charge in [0, 0.05) is 44.4 Å². The Hall–Kier alpha value is -1.40. The van der Waals surface area contributed by atoms with Crippen LogP contribution in [-0.4, -0.2) is 48.1 Å². The van der Waals surface area contributed by atoms with Gasteiger partial charge in [0.1, 0.15) is 6.10 Å². The fraction of sp³-hybridized carbons (Fsp3) is 0.907. The van der Waals surface area contributed by atoms with Crippen LogP contribution in [-0.2, 0) is 14.3 Å². The number of hydrogen-bond acceptors (Lipinski definition) is 5. The van der Waals surface area contributed by atoms with Crippen LogP contribution in [0, 0.1) is 46.3 Å². The maximum atomic E-state index is 12.9. The number of amides is 1.